The van der Waals surface area contributed by atoms with Gasteiger partial charge in [-0.3, -0.25) is 0 Å². The Morgan fingerprint density at radius 2 is 0.788 bits per heavy atom. The Balaban J connectivity index is 2.63. The van der Waals surface area contributed by atoms with E-state index in [0.29, 0.717) is 47.9 Å². The van der Waals surface area contributed by atoms with Crippen molar-refractivity contribution in [1.29, 1.82) is 0 Å². The molecule has 0 heterocycles. The number of phenols is 2. The zero-order valence-electron chi connectivity index (χ0n) is 20.9. The number of unbranched alkanes of at least 4 members (excludes halogenated alkanes) is 4. The normalized spacial score (nSPS) is 11.8. The van der Waals surface area contributed by atoms with E-state index in [1.54, 1.807) is 24.3 Å². The lowest BCUT2D eigenvalue weighted by Crippen LogP contribution is -2.07. The second-order valence-electron chi connectivity index (χ2n) is 9.10. The van der Waals surface area contributed by atoms with Crippen LogP contribution in [0.25, 0.3) is 0 Å². The van der Waals surface area contributed by atoms with Crippen molar-refractivity contribution in [2.75, 3.05) is 0 Å². The Bertz CT molecular complexity index is 875. The van der Waals surface area contributed by atoms with Crippen molar-refractivity contribution in [2.24, 2.45) is 0 Å². The maximum absolute atomic E-state index is 13.8. The van der Waals surface area contributed by atoms with E-state index in [4.69, 9.17) is 0 Å². The molecule has 0 saturated heterocycles. The van der Waals surface area contributed by atoms with Gasteiger partial charge in [0.15, 0.2) is 0 Å². The molecule has 0 fully saturated rings. The molecule has 0 radical (unpaired) electrons. The van der Waals surface area contributed by atoms with Gasteiger partial charge in [-0.15, -0.1) is 0 Å². The van der Waals surface area contributed by atoms with Gasteiger partial charge in [0.05, 0.1) is 9.79 Å². The van der Waals surface area contributed by atoms with E-state index < -0.39 is 9.84 Å². The number of hydrogen-bond acceptors (Lipinski definition) is 4. The van der Waals surface area contributed by atoms with Crippen LogP contribution in [-0.2, 0) is 35.5 Å². The van der Waals surface area contributed by atoms with E-state index in [1.807, 2.05) is 0 Å². The molecule has 2 rings (SSSR count). The highest BCUT2D eigenvalue weighted by Gasteiger charge is 2.24. The SMILES string of the molecule is CCCCc1cc(S(=O)(=O)c2cc(CCCC)c(O)c(CCCC)c2)cc(CCCC)c1O. The maximum atomic E-state index is 13.8. The highest BCUT2D eigenvalue weighted by atomic mass is 32.2. The summed E-state index contributed by atoms with van der Waals surface area (Å²) < 4.78 is 27.6. The molecule has 2 N–H and O–H groups in total. The molecule has 184 valence electrons. The summed E-state index contributed by atoms with van der Waals surface area (Å²) in [5.74, 6) is 0.489. The van der Waals surface area contributed by atoms with Crippen molar-refractivity contribution >= 4 is 9.84 Å². The van der Waals surface area contributed by atoms with E-state index in [1.165, 1.54) is 0 Å². The van der Waals surface area contributed by atoms with Crippen LogP contribution in [0.3, 0.4) is 0 Å². The van der Waals surface area contributed by atoms with Crippen molar-refractivity contribution in [2.45, 2.75) is 115 Å². The summed E-state index contributed by atoms with van der Waals surface area (Å²) in [6, 6.07) is 6.61. The molecule has 0 aliphatic rings. The Morgan fingerprint density at radius 1 is 0.545 bits per heavy atom. The zero-order chi connectivity index (χ0) is 24.4. The summed E-state index contributed by atoms with van der Waals surface area (Å²) in [7, 11) is -3.78. The minimum Gasteiger partial charge on any atom is -0.507 e. The Labute approximate surface area is 201 Å². The Kier molecular flexibility index (Phi) is 10.7. The molecule has 4 nitrogen and oxygen atoms in total. The number of phenolic OH excluding ortho intramolecular Hbond substituents is 2. The maximum Gasteiger partial charge on any atom is 0.206 e. The first-order valence-electron chi connectivity index (χ1n) is 12.7. The van der Waals surface area contributed by atoms with E-state index in [0.717, 1.165) is 51.4 Å². The number of aromatic hydroxyl groups is 2. The van der Waals surface area contributed by atoms with Gasteiger partial charge in [-0.05, 0) is 97.9 Å². The second-order valence-corrected chi connectivity index (χ2v) is 11.0. The minimum atomic E-state index is -3.78. The average Bonchev–Trinajstić information content (AvgIpc) is 2.80. The van der Waals surface area contributed by atoms with Crippen LogP contribution in [0.5, 0.6) is 11.5 Å². The molecule has 0 atom stereocenters. The molecule has 0 saturated carbocycles. The van der Waals surface area contributed by atoms with Crippen LogP contribution in [0.1, 0.15) is 101 Å². The quantitative estimate of drug-likeness (QED) is 0.301. The summed E-state index contributed by atoms with van der Waals surface area (Å²) in [5, 5.41) is 21.6. The van der Waals surface area contributed by atoms with Gasteiger partial charge in [-0.25, -0.2) is 8.42 Å². The van der Waals surface area contributed by atoms with Crippen LogP contribution in [-0.4, -0.2) is 18.6 Å². The third kappa shape index (κ3) is 6.99. The highest BCUT2D eigenvalue weighted by molar-refractivity contribution is 7.91. The van der Waals surface area contributed by atoms with Crippen LogP contribution in [0.2, 0.25) is 0 Å². The third-order valence-electron chi connectivity index (χ3n) is 6.30. The van der Waals surface area contributed by atoms with Crippen molar-refractivity contribution < 1.29 is 18.6 Å². The number of sulfone groups is 1. The molecule has 0 unspecified atom stereocenters. The first-order valence-corrected chi connectivity index (χ1v) is 14.2. The molecule has 0 aromatic heterocycles. The van der Waals surface area contributed by atoms with Crippen molar-refractivity contribution in [3.8, 4) is 11.5 Å². The summed E-state index contributed by atoms with van der Waals surface area (Å²) in [5.41, 5.74) is 2.83. The van der Waals surface area contributed by atoms with Gasteiger partial charge in [0.1, 0.15) is 11.5 Å². The van der Waals surface area contributed by atoms with Crippen molar-refractivity contribution in [1.82, 2.24) is 0 Å². The summed E-state index contributed by atoms with van der Waals surface area (Å²) >= 11 is 0. The first-order chi connectivity index (χ1) is 15.8. The molecule has 0 aliphatic heterocycles. The van der Waals surface area contributed by atoms with Crippen LogP contribution in [0.4, 0.5) is 0 Å². The molecule has 2 aromatic rings. The van der Waals surface area contributed by atoms with Gasteiger partial charge in [-0.1, -0.05) is 53.4 Å². The third-order valence-corrected chi connectivity index (χ3v) is 8.01. The second kappa shape index (κ2) is 13.0. The Morgan fingerprint density at radius 3 is 1.00 bits per heavy atom. The lowest BCUT2D eigenvalue weighted by Gasteiger charge is -2.16. The summed E-state index contributed by atoms with van der Waals surface area (Å²) in [6.45, 7) is 8.34. The van der Waals surface area contributed by atoms with Gasteiger partial charge in [0.25, 0.3) is 0 Å². The molecule has 5 heteroatoms. The van der Waals surface area contributed by atoms with Crippen LogP contribution in [0.15, 0.2) is 34.1 Å². The van der Waals surface area contributed by atoms with E-state index in [2.05, 4.69) is 27.7 Å². The number of aryl methyl sites for hydroxylation is 4. The molecule has 0 bridgehead atoms. The molecular weight excluding hydrogens is 432 g/mol. The van der Waals surface area contributed by atoms with E-state index in [-0.39, 0.29) is 21.3 Å². The average molecular weight is 475 g/mol. The topological polar surface area (TPSA) is 74.6 Å². The fraction of sp³-hybridized carbons (Fsp3) is 0.571. The largest absolute Gasteiger partial charge is 0.507 e. The molecule has 2 aromatic carbocycles. The van der Waals surface area contributed by atoms with E-state index >= 15 is 0 Å². The van der Waals surface area contributed by atoms with Crippen LogP contribution in [0, 0.1) is 0 Å². The standard InChI is InChI=1S/C28H42O4S/c1-5-9-13-21-17-25(18-22(27(21)29)14-10-6-2)33(31,32)26-19-23(15-11-7-3)28(30)24(20-26)16-12-8-4/h17-20,29-30H,5-16H2,1-4H3. The van der Waals surface area contributed by atoms with Gasteiger partial charge < -0.3 is 10.2 Å². The number of hydrogen-bond donors (Lipinski definition) is 2. The fourth-order valence-electron chi connectivity index (χ4n) is 4.13. The molecule has 33 heavy (non-hydrogen) atoms. The summed E-state index contributed by atoms with van der Waals surface area (Å²) in [6.07, 6.45) is 10.1. The van der Waals surface area contributed by atoms with Crippen molar-refractivity contribution in [3.63, 3.8) is 0 Å². The minimum absolute atomic E-state index is 0.242. The first kappa shape index (κ1) is 27.2. The Hall–Kier alpha value is -2.01. The van der Waals surface area contributed by atoms with Gasteiger partial charge >= 0.3 is 0 Å². The van der Waals surface area contributed by atoms with Crippen LogP contribution < -0.4 is 0 Å². The van der Waals surface area contributed by atoms with Gasteiger partial charge in [0, 0.05) is 0 Å². The summed E-state index contributed by atoms with van der Waals surface area (Å²) in [4.78, 5) is 0.483. The van der Waals surface area contributed by atoms with Gasteiger partial charge in [-0.2, -0.15) is 0 Å². The predicted molar refractivity (Wildman–Crippen MR) is 136 cm³/mol. The van der Waals surface area contributed by atoms with E-state index in [9.17, 15) is 18.6 Å². The lowest BCUT2D eigenvalue weighted by molar-refractivity contribution is 0.457. The lowest BCUT2D eigenvalue weighted by atomic mass is 10.00. The number of rotatable bonds is 14. The molecular formula is C28H42O4S. The van der Waals surface area contributed by atoms with Crippen molar-refractivity contribution in [3.05, 3.63) is 46.5 Å². The molecule has 0 amide bonds. The molecule has 0 spiro atoms. The smallest absolute Gasteiger partial charge is 0.206 e. The zero-order valence-corrected chi connectivity index (χ0v) is 21.7. The van der Waals surface area contributed by atoms with Crippen LogP contribution >= 0.6 is 0 Å². The monoisotopic (exact) mass is 474 g/mol. The van der Waals surface area contributed by atoms with Gasteiger partial charge in [0.2, 0.25) is 9.84 Å². The fourth-order valence-corrected chi connectivity index (χ4v) is 5.60. The molecule has 0 aliphatic carbocycles. The number of benzene rings is 2. The predicted octanol–water partition coefficient (Wildman–Crippen LogP) is 7.30. The highest BCUT2D eigenvalue weighted by Crippen LogP contribution is 2.35.